The Morgan fingerprint density at radius 3 is 0.839 bits per heavy atom. The first-order valence-electron chi connectivity index (χ1n) is 42.4. The first-order chi connectivity index (χ1) is 57.4. The highest BCUT2D eigenvalue weighted by Gasteiger charge is 2.45. The molecule has 4 saturated carbocycles. The number of para-hydroxylation sites is 4. The Morgan fingerprint density at radius 1 is 0.322 bits per heavy atom. The third-order valence-electron chi connectivity index (χ3n) is 22.6. The Kier molecular flexibility index (Phi) is 36.1. The summed E-state index contributed by atoms with van der Waals surface area (Å²) in [7, 11) is 0. The van der Waals surface area contributed by atoms with E-state index in [0.29, 0.717) is 66.2 Å². The highest BCUT2D eigenvalue weighted by molar-refractivity contribution is 8.02. The fraction of sp³-hybridized carbons (Fsp3) is 0.581. The van der Waals surface area contributed by atoms with Gasteiger partial charge in [-0.3, -0.25) is 57.5 Å². The van der Waals surface area contributed by atoms with Crippen LogP contribution in [-0.2, 0) is 67.0 Å². The molecule has 0 aromatic heterocycles. The van der Waals surface area contributed by atoms with E-state index in [1.807, 2.05) is 53.4 Å². The number of hydrogen-bond acceptors (Lipinski definition) is 20. The average Bonchev–Trinajstić information content (AvgIpc) is 0.800. The number of thioether (sulfide) groups is 4. The minimum absolute atomic E-state index is 0.0311. The van der Waals surface area contributed by atoms with Gasteiger partial charge in [0.05, 0.1) is 49.2 Å². The molecule has 640 valence electrons. The molecular weight excluding hydrogens is 1590 g/mol. The number of likely N-dealkylation sites (tertiary alicyclic amines) is 1. The summed E-state index contributed by atoms with van der Waals surface area (Å²) in [6.07, 6.45) is 28.9. The quantitative estimate of drug-likeness (QED) is 0.0484. The van der Waals surface area contributed by atoms with Crippen molar-refractivity contribution in [3.05, 3.63) is 97.1 Å². The molecule has 8 N–H and O–H groups in total. The van der Waals surface area contributed by atoms with Crippen molar-refractivity contribution in [2.45, 2.75) is 232 Å². The third kappa shape index (κ3) is 26.4. The fourth-order valence-corrected chi connectivity index (χ4v) is 20.8. The average molecular weight is 1700 g/mol. The number of carboxylic acid groups (broad SMARTS) is 2. The van der Waals surface area contributed by atoms with Crippen LogP contribution in [-0.4, -0.2) is 241 Å². The van der Waals surface area contributed by atoms with Gasteiger partial charge in [-0.15, -0.1) is 23.5 Å². The number of nitrogens with one attached hydrogen (secondary N) is 6. The van der Waals surface area contributed by atoms with Gasteiger partial charge in [-0.2, -0.15) is 0 Å². The Balaban J connectivity index is 0.000000147. The molecule has 0 spiro atoms. The van der Waals surface area contributed by atoms with E-state index in [2.05, 4.69) is 31.9 Å². The van der Waals surface area contributed by atoms with E-state index in [1.54, 1.807) is 53.4 Å². The molecule has 12 aliphatic rings. The number of anilines is 4. The van der Waals surface area contributed by atoms with E-state index in [4.69, 9.17) is 9.47 Å². The highest BCUT2D eigenvalue weighted by Crippen LogP contribution is 2.44. The molecule has 8 fully saturated rings. The predicted octanol–water partition coefficient (Wildman–Crippen LogP) is 9.18. The van der Waals surface area contributed by atoms with Crippen LogP contribution in [0.4, 0.5) is 22.7 Å². The van der Waals surface area contributed by atoms with E-state index in [1.165, 1.54) is 101 Å². The Labute approximate surface area is 708 Å². The van der Waals surface area contributed by atoms with Crippen LogP contribution in [0.25, 0.3) is 0 Å². The number of piperidine rings is 2. The number of fused-ring (bicyclic) bond motifs is 4. The van der Waals surface area contributed by atoms with Crippen LogP contribution < -0.4 is 51.5 Å². The summed E-state index contributed by atoms with van der Waals surface area (Å²) < 4.78 is 10.3. The van der Waals surface area contributed by atoms with Crippen LogP contribution in [0.3, 0.4) is 0 Å². The second-order valence-corrected chi connectivity index (χ2v) is 35.9. The van der Waals surface area contributed by atoms with Gasteiger partial charge < -0.3 is 81.0 Å². The second-order valence-electron chi connectivity index (χ2n) is 31.3. The van der Waals surface area contributed by atoms with Gasteiger partial charge in [0.2, 0.25) is 35.4 Å². The van der Waals surface area contributed by atoms with Gasteiger partial charge in [0.25, 0.3) is 23.6 Å². The molecule has 0 bridgehead atoms. The molecule has 16 rings (SSSR count). The van der Waals surface area contributed by atoms with Crippen LogP contribution in [0, 0.1) is 0 Å². The van der Waals surface area contributed by atoms with Crippen LogP contribution in [0.5, 0.6) is 0 Å². The largest absolute Gasteiger partial charge is 0.480 e. The first-order valence-corrected chi connectivity index (χ1v) is 46.0. The maximum Gasteiger partial charge on any atom is 0.326 e. The van der Waals surface area contributed by atoms with Gasteiger partial charge >= 0.3 is 11.9 Å². The summed E-state index contributed by atoms with van der Waals surface area (Å²) in [5.74, 6) is -5.15. The van der Waals surface area contributed by atoms with Gasteiger partial charge in [-0.1, -0.05) is 156 Å². The van der Waals surface area contributed by atoms with Crippen LogP contribution >= 0.6 is 47.0 Å². The molecule has 8 aliphatic heterocycles. The lowest BCUT2D eigenvalue weighted by molar-refractivity contribution is -0.141. The van der Waals surface area contributed by atoms with Gasteiger partial charge in [-0.05, 0) is 145 Å². The minimum atomic E-state index is -1.21. The van der Waals surface area contributed by atoms with Crippen molar-refractivity contribution in [1.82, 2.24) is 41.7 Å². The maximum absolute atomic E-state index is 13.3. The second kappa shape index (κ2) is 47.1. The molecule has 4 unspecified atom stereocenters. The number of rotatable bonds is 16. The van der Waals surface area contributed by atoms with Crippen molar-refractivity contribution in [1.29, 1.82) is 0 Å². The molecule has 0 radical (unpaired) electrons. The fourth-order valence-electron chi connectivity index (χ4n) is 16.3. The number of nitrogens with zero attached hydrogens (tertiary/aromatic N) is 6. The number of morpholine rings is 2. The minimum Gasteiger partial charge on any atom is -0.480 e. The highest BCUT2D eigenvalue weighted by atomic mass is 32.2. The van der Waals surface area contributed by atoms with Crippen molar-refractivity contribution < 1.29 is 77.2 Å². The van der Waals surface area contributed by atoms with Crippen LogP contribution in [0.15, 0.2) is 117 Å². The predicted molar refractivity (Wildman–Crippen MR) is 457 cm³/mol. The Bertz CT molecular complexity index is 3790. The zero-order valence-corrected chi connectivity index (χ0v) is 70.7. The SMILES string of the molecule is C1CCNCC1.C1COCCN1.O=C(CN1C(=O)C(C(=O)N2CCCCC2)Sc2ccccc21)NC1CCCCC1.O=C(CN1C(=O)C(C(=O)N2CCOCC2)Sc2ccccc21)NC1CCCCC1.O=C(CN1C(=O)C(C(=O)O)Sc2ccccc21)NC1CCCCC1.O=C(CN1C(=O)C(C(=O)O)Sc2ccccc21)NC1CCCCC1. The Morgan fingerprint density at radius 2 is 0.576 bits per heavy atom. The number of carboxylic acids is 2. The Hall–Kier alpha value is -8.24. The van der Waals surface area contributed by atoms with Crippen molar-refractivity contribution >= 4 is 141 Å². The molecule has 8 heterocycles. The van der Waals surface area contributed by atoms with Gasteiger partial charge in [0.15, 0.2) is 21.0 Å². The molecule has 4 aromatic carbocycles. The van der Waals surface area contributed by atoms with Crippen LogP contribution in [0.2, 0.25) is 0 Å². The normalized spacial score (nSPS) is 22.3. The molecule has 4 atom stereocenters. The zero-order chi connectivity index (χ0) is 83.1. The molecular formula is C86H116N12O16S4. The lowest BCUT2D eigenvalue weighted by atomic mass is 9.95. The molecule has 4 aromatic rings. The summed E-state index contributed by atoms with van der Waals surface area (Å²) in [6.45, 7) is 9.35. The number of ether oxygens (including phenoxy) is 2. The smallest absolute Gasteiger partial charge is 0.326 e. The summed E-state index contributed by atoms with van der Waals surface area (Å²) >= 11 is 4.63. The van der Waals surface area contributed by atoms with Gasteiger partial charge in [0, 0.05) is 83.0 Å². The number of carbonyl (C=O) groups is 12. The summed E-state index contributed by atoms with van der Waals surface area (Å²) in [5.41, 5.74) is 2.63. The molecule has 10 amide bonds. The van der Waals surface area contributed by atoms with E-state index in [-0.39, 0.29) is 97.6 Å². The number of amides is 10. The molecule has 4 saturated heterocycles. The van der Waals surface area contributed by atoms with Crippen LogP contribution in [0.1, 0.15) is 167 Å². The summed E-state index contributed by atoms with van der Waals surface area (Å²) in [6, 6.07) is 29.9. The number of aliphatic carboxylic acids is 2. The zero-order valence-electron chi connectivity index (χ0n) is 67.5. The summed E-state index contributed by atoms with van der Waals surface area (Å²) in [4.78, 5) is 163. The van der Waals surface area contributed by atoms with E-state index in [9.17, 15) is 67.7 Å². The van der Waals surface area contributed by atoms with Crippen molar-refractivity contribution in [2.24, 2.45) is 0 Å². The first kappa shape index (κ1) is 90.5. The van der Waals surface area contributed by atoms with E-state index >= 15 is 0 Å². The van der Waals surface area contributed by atoms with Crippen molar-refractivity contribution in [3.8, 4) is 0 Å². The molecule has 28 nitrogen and oxygen atoms in total. The number of hydrogen-bond donors (Lipinski definition) is 8. The standard InChI is InChI=1S/C22H29N3O3S.C21H27N3O4S.2C17H20N2O4S.C5H11N.C4H9NO/c26-19(23-16-9-3-1-4-10-16)15-25-17-11-5-6-12-18(17)29-20(22(25)28)21(27)24-13-7-2-8-14-24;25-18(22-15-6-2-1-3-7-15)14-24-16-8-4-5-9-17(16)29-19(21(24)27)20(26)23-10-12-28-13-11-23;2*20-14(18-11-6-2-1-3-7-11)10-19-12-8-4-5-9-13(12)24-15(16(19)21)17(22)23;1-2-4-6-5-3-1;1-3-6-4-2-5-1/h5-6,11-12,16,20H,1-4,7-10,13-15H2,(H,23,26);4-5,8-9,15,19H,1-3,6-7,10-14H2,(H,22,25);2*4-5,8-9,11,15H,1-3,6-7,10H2,(H,18,20)(H,22,23);6H,1-5H2;5H,1-4H2. The van der Waals surface area contributed by atoms with Crippen molar-refractivity contribution in [2.75, 3.05) is 125 Å². The maximum atomic E-state index is 13.3. The monoisotopic (exact) mass is 1700 g/mol. The van der Waals surface area contributed by atoms with Gasteiger partial charge in [-0.25, -0.2) is 0 Å². The lowest BCUT2D eigenvalue weighted by Gasteiger charge is -2.36. The summed E-state index contributed by atoms with van der Waals surface area (Å²) in [5, 5.41) is 33.0. The molecule has 118 heavy (non-hydrogen) atoms. The van der Waals surface area contributed by atoms with E-state index < -0.39 is 44.8 Å². The van der Waals surface area contributed by atoms with Crippen molar-refractivity contribution in [3.63, 3.8) is 0 Å². The number of benzene rings is 4. The lowest BCUT2D eigenvalue weighted by Crippen LogP contribution is -2.54. The van der Waals surface area contributed by atoms with E-state index in [0.717, 1.165) is 187 Å². The third-order valence-corrected chi connectivity index (χ3v) is 27.5. The number of carbonyl (C=O) groups excluding carboxylic acids is 10. The van der Waals surface area contributed by atoms with Gasteiger partial charge in [0.1, 0.15) is 26.2 Å². The molecule has 32 heteroatoms. The molecule has 4 aliphatic carbocycles. The topological polar surface area (TPSA) is 355 Å².